The molecule has 0 amide bonds. The van der Waals surface area contributed by atoms with E-state index in [-0.39, 0.29) is 0 Å². The van der Waals surface area contributed by atoms with Crippen LogP contribution in [-0.2, 0) is 13.0 Å². The number of nitrogens with zero attached hydrogens (tertiary/aromatic N) is 4. The summed E-state index contributed by atoms with van der Waals surface area (Å²) >= 11 is 0. The average Bonchev–Trinajstić information content (AvgIpc) is 2.97. The van der Waals surface area contributed by atoms with E-state index in [1.54, 1.807) is 12.4 Å². The lowest BCUT2D eigenvalue weighted by Crippen LogP contribution is -2.29. The lowest BCUT2D eigenvalue weighted by molar-refractivity contribution is 0.370. The van der Waals surface area contributed by atoms with Crippen LogP contribution in [0.1, 0.15) is 25.5 Å². The molecule has 0 saturated carbocycles. The van der Waals surface area contributed by atoms with Gasteiger partial charge in [-0.2, -0.15) is 5.10 Å². The lowest BCUT2D eigenvalue weighted by atomic mass is 9.92. The van der Waals surface area contributed by atoms with Gasteiger partial charge in [-0.3, -0.25) is 14.6 Å². The van der Waals surface area contributed by atoms with E-state index in [1.165, 1.54) is 12.8 Å². The second-order valence-corrected chi connectivity index (χ2v) is 5.28. The molecular formula is C15H21N5. The highest BCUT2D eigenvalue weighted by Crippen LogP contribution is 2.24. The minimum Gasteiger partial charge on any atom is -0.317 e. The van der Waals surface area contributed by atoms with Crippen molar-refractivity contribution in [2.24, 2.45) is 5.92 Å². The van der Waals surface area contributed by atoms with Gasteiger partial charge in [-0.25, -0.2) is 0 Å². The molecule has 1 aliphatic rings. The van der Waals surface area contributed by atoms with Crippen LogP contribution in [0, 0.1) is 5.92 Å². The lowest BCUT2D eigenvalue weighted by Gasteiger charge is -2.22. The second-order valence-electron chi connectivity index (χ2n) is 5.28. The van der Waals surface area contributed by atoms with Gasteiger partial charge in [0, 0.05) is 25.1 Å². The predicted octanol–water partition coefficient (Wildman–Crippen LogP) is 1.90. The largest absolute Gasteiger partial charge is 0.317 e. The van der Waals surface area contributed by atoms with Crippen LogP contribution in [0.3, 0.4) is 0 Å². The van der Waals surface area contributed by atoms with Gasteiger partial charge in [-0.05, 0) is 51.3 Å². The van der Waals surface area contributed by atoms with Gasteiger partial charge >= 0.3 is 0 Å². The van der Waals surface area contributed by atoms with E-state index < -0.39 is 0 Å². The Kier molecular flexibility index (Phi) is 4.06. The number of hydrogen-bond acceptors (Lipinski definition) is 4. The molecule has 5 nitrogen and oxygen atoms in total. The fourth-order valence-electron chi connectivity index (χ4n) is 2.88. The highest BCUT2D eigenvalue weighted by Gasteiger charge is 2.18. The van der Waals surface area contributed by atoms with Gasteiger partial charge in [-0.15, -0.1) is 0 Å². The first-order valence-electron chi connectivity index (χ1n) is 7.41. The first-order chi connectivity index (χ1) is 9.88. The smallest absolute Gasteiger partial charge is 0.110 e. The average molecular weight is 271 g/mol. The van der Waals surface area contributed by atoms with Crippen LogP contribution in [0.5, 0.6) is 0 Å². The fraction of sp³-hybridized carbons (Fsp3) is 0.533. The summed E-state index contributed by atoms with van der Waals surface area (Å²) in [5, 5.41) is 7.75. The second kappa shape index (κ2) is 6.13. The topological polar surface area (TPSA) is 55.6 Å². The minimum atomic E-state index is 0.713. The standard InChI is InChI=1S/C15H21N5/c1-2-20-14(5-8-19-20)15-13(17-9-10-18-15)11-12-3-6-16-7-4-12/h5,8-10,12,16H,2-4,6-7,11H2,1H3. The zero-order valence-electron chi connectivity index (χ0n) is 11.9. The maximum absolute atomic E-state index is 4.58. The Balaban J connectivity index is 1.88. The van der Waals surface area contributed by atoms with Crippen LogP contribution in [0.4, 0.5) is 0 Å². The number of piperidine rings is 1. The normalized spacial score (nSPS) is 16.4. The van der Waals surface area contributed by atoms with Crippen molar-refractivity contribution in [3.05, 3.63) is 30.4 Å². The molecule has 0 radical (unpaired) electrons. The van der Waals surface area contributed by atoms with Crippen molar-refractivity contribution < 1.29 is 0 Å². The highest BCUT2D eigenvalue weighted by molar-refractivity contribution is 5.56. The number of aromatic nitrogens is 4. The molecule has 3 heterocycles. The molecule has 1 fully saturated rings. The summed E-state index contributed by atoms with van der Waals surface area (Å²) in [6, 6.07) is 2.03. The van der Waals surface area contributed by atoms with Gasteiger partial charge in [0.1, 0.15) is 5.69 Å². The molecule has 1 aliphatic heterocycles. The van der Waals surface area contributed by atoms with Crippen LogP contribution in [0.15, 0.2) is 24.7 Å². The molecular weight excluding hydrogens is 250 g/mol. The van der Waals surface area contributed by atoms with Gasteiger partial charge in [0.15, 0.2) is 0 Å². The summed E-state index contributed by atoms with van der Waals surface area (Å²) in [6.45, 7) is 5.19. The van der Waals surface area contributed by atoms with Crippen molar-refractivity contribution in [2.75, 3.05) is 13.1 Å². The maximum Gasteiger partial charge on any atom is 0.110 e. The van der Waals surface area contributed by atoms with Crippen molar-refractivity contribution in [2.45, 2.75) is 32.7 Å². The molecule has 20 heavy (non-hydrogen) atoms. The van der Waals surface area contributed by atoms with E-state index in [4.69, 9.17) is 0 Å². The third-order valence-corrected chi connectivity index (χ3v) is 3.97. The van der Waals surface area contributed by atoms with Gasteiger partial charge < -0.3 is 5.32 Å². The van der Waals surface area contributed by atoms with Crippen LogP contribution in [0.25, 0.3) is 11.4 Å². The predicted molar refractivity (Wildman–Crippen MR) is 78.2 cm³/mol. The zero-order chi connectivity index (χ0) is 13.8. The minimum absolute atomic E-state index is 0.713. The molecule has 2 aromatic rings. The van der Waals surface area contributed by atoms with Gasteiger partial charge in [0.25, 0.3) is 0 Å². The molecule has 0 unspecified atom stereocenters. The van der Waals surface area contributed by atoms with Gasteiger partial charge in [0.05, 0.1) is 11.4 Å². The maximum atomic E-state index is 4.58. The molecule has 0 spiro atoms. The third kappa shape index (κ3) is 2.72. The number of nitrogens with one attached hydrogen (secondary N) is 1. The van der Waals surface area contributed by atoms with Gasteiger partial charge in [-0.1, -0.05) is 0 Å². The van der Waals surface area contributed by atoms with E-state index in [2.05, 4.69) is 27.3 Å². The molecule has 1 saturated heterocycles. The Hall–Kier alpha value is -1.75. The Labute approximate surface area is 119 Å². The fourth-order valence-corrected chi connectivity index (χ4v) is 2.88. The van der Waals surface area contributed by atoms with E-state index >= 15 is 0 Å². The van der Waals surface area contributed by atoms with Crippen LogP contribution < -0.4 is 5.32 Å². The number of aryl methyl sites for hydroxylation is 1. The van der Waals surface area contributed by atoms with Crippen LogP contribution >= 0.6 is 0 Å². The van der Waals surface area contributed by atoms with Crippen molar-refractivity contribution >= 4 is 0 Å². The SMILES string of the molecule is CCn1nccc1-c1nccnc1CC1CCNCC1. The highest BCUT2D eigenvalue weighted by atomic mass is 15.3. The van der Waals surface area contributed by atoms with Crippen molar-refractivity contribution in [1.29, 1.82) is 0 Å². The van der Waals surface area contributed by atoms with E-state index in [0.29, 0.717) is 5.92 Å². The molecule has 2 aromatic heterocycles. The molecule has 106 valence electrons. The molecule has 5 heteroatoms. The molecule has 3 rings (SSSR count). The Bertz CT molecular complexity index is 557. The molecule has 0 aliphatic carbocycles. The third-order valence-electron chi connectivity index (χ3n) is 3.97. The molecule has 0 bridgehead atoms. The summed E-state index contributed by atoms with van der Waals surface area (Å²) < 4.78 is 1.98. The number of hydrogen-bond donors (Lipinski definition) is 1. The van der Waals surface area contributed by atoms with Crippen molar-refractivity contribution in [3.63, 3.8) is 0 Å². The van der Waals surface area contributed by atoms with E-state index in [9.17, 15) is 0 Å². The van der Waals surface area contributed by atoms with Crippen molar-refractivity contribution in [1.82, 2.24) is 25.1 Å². The summed E-state index contributed by atoms with van der Waals surface area (Å²) in [5.41, 5.74) is 3.17. The Morgan fingerprint density at radius 1 is 1.20 bits per heavy atom. The summed E-state index contributed by atoms with van der Waals surface area (Å²) in [6.07, 6.45) is 8.87. The Morgan fingerprint density at radius 3 is 2.80 bits per heavy atom. The first kappa shape index (κ1) is 13.2. The summed E-state index contributed by atoms with van der Waals surface area (Å²) in [5.74, 6) is 0.713. The van der Waals surface area contributed by atoms with E-state index in [1.807, 2.05) is 16.9 Å². The molecule has 1 N–H and O–H groups in total. The quantitative estimate of drug-likeness (QED) is 0.923. The Morgan fingerprint density at radius 2 is 2.00 bits per heavy atom. The summed E-state index contributed by atoms with van der Waals surface area (Å²) in [4.78, 5) is 9.14. The molecule has 0 aromatic carbocycles. The van der Waals surface area contributed by atoms with Crippen molar-refractivity contribution in [3.8, 4) is 11.4 Å². The van der Waals surface area contributed by atoms with Crippen LogP contribution in [-0.4, -0.2) is 32.8 Å². The monoisotopic (exact) mass is 271 g/mol. The van der Waals surface area contributed by atoms with Crippen LogP contribution in [0.2, 0.25) is 0 Å². The first-order valence-corrected chi connectivity index (χ1v) is 7.41. The zero-order valence-corrected chi connectivity index (χ0v) is 11.9. The number of rotatable bonds is 4. The van der Waals surface area contributed by atoms with Gasteiger partial charge in [0.2, 0.25) is 0 Å². The summed E-state index contributed by atoms with van der Waals surface area (Å²) in [7, 11) is 0. The molecule has 0 atom stereocenters. The van der Waals surface area contributed by atoms with E-state index in [0.717, 1.165) is 43.1 Å².